The van der Waals surface area contributed by atoms with E-state index in [-0.39, 0.29) is 5.95 Å². The highest BCUT2D eigenvalue weighted by Gasteiger charge is 1.96. The number of anilines is 2. The number of hydrogen-bond donors (Lipinski definition) is 5. The smallest absolute Gasteiger partial charge is 0.315 e. The van der Waals surface area contributed by atoms with Crippen molar-refractivity contribution in [2.45, 2.75) is 0 Å². The summed E-state index contributed by atoms with van der Waals surface area (Å²) in [5.41, 5.74) is 1.53. The second-order valence-corrected chi connectivity index (χ2v) is 3.25. The third-order valence-corrected chi connectivity index (χ3v) is 2.04. The SMILES string of the molecule is CO/C(=C/Nc1ccc(N/C=C(/O)ON)cc1)ON. The van der Waals surface area contributed by atoms with Crippen molar-refractivity contribution < 1.29 is 19.5 Å². The van der Waals surface area contributed by atoms with E-state index in [2.05, 4.69) is 20.3 Å². The van der Waals surface area contributed by atoms with Gasteiger partial charge in [0, 0.05) is 11.4 Å². The quantitative estimate of drug-likeness (QED) is 0.368. The molecule has 0 saturated heterocycles. The van der Waals surface area contributed by atoms with E-state index in [1.54, 1.807) is 24.3 Å². The number of nitrogens with one attached hydrogen (secondary N) is 2. The lowest BCUT2D eigenvalue weighted by Crippen LogP contribution is -2.03. The number of hydrogen-bond acceptors (Lipinski definition) is 8. The van der Waals surface area contributed by atoms with E-state index in [0.29, 0.717) is 0 Å². The Morgan fingerprint density at radius 1 is 1.05 bits per heavy atom. The maximum atomic E-state index is 8.97. The van der Waals surface area contributed by atoms with Crippen LogP contribution in [0.4, 0.5) is 11.4 Å². The molecule has 0 aromatic heterocycles. The predicted octanol–water partition coefficient (Wildman–Crippen LogP) is 1.09. The molecule has 0 aliphatic rings. The molecule has 8 heteroatoms. The van der Waals surface area contributed by atoms with E-state index in [9.17, 15) is 0 Å². The van der Waals surface area contributed by atoms with E-state index >= 15 is 0 Å². The molecule has 0 saturated carbocycles. The molecule has 1 aromatic carbocycles. The predicted molar refractivity (Wildman–Crippen MR) is 70.0 cm³/mol. The first-order valence-corrected chi connectivity index (χ1v) is 5.19. The van der Waals surface area contributed by atoms with Gasteiger partial charge in [-0.1, -0.05) is 0 Å². The highest BCUT2D eigenvalue weighted by atomic mass is 16.7. The fourth-order valence-corrected chi connectivity index (χ4v) is 1.13. The first-order valence-electron chi connectivity index (χ1n) is 5.19. The van der Waals surface area contributed by atoms with Crippen molar-refractivity contribution in [1.82, 2.24) is 0 Å². The lowest BCUT2D eigenvalue weighted by Gasteiger charge is -2.06. The van der Waals surface area contributed by atoms with Crippen molar-refractivity contribution in [3.63, 3.8) is 0 Å². The Kier molecular flexibility index (Phi) is 5.86. The van der Waals surface area contributed by atoms with Gasteiger partial charge in [0.2, 0.25) is 0 Å². The summed E-state index contributed by atoms with van der Waals surface area (Å²) in [6.45, 7) is 0. The number of nitrogens with two attached hydrogens (primary N) is 2. The molecule has 0 bridgehead atoms. The van der Waals surface area contributed by atoms with Crippen LogP contribution in [0.3, 0.4) is 0 Å². The Hall–Kier alpha value is -2.58. The Labute approximate surface area is 110 Å². The Morgan fingerprint density at radius 2 is 1.58 bits per heavy atom. The van der Waals surface area contributed by atoms with Crippen LogP contribution >= 0.6 is 0 Å². The van der Waals surface area contributed by atoms with Gasteiger partial charge in [-0.25, -0.2) is 0 Å². The molecule has 0 heterocycles. The van der Waals surface area contributed by atoms with Crippen LogP contribution in [-0.2, 0) is 14.4 Å². The Morgan fingerprint density at radius 3 is 2.00 bits per heavy atom. The molecule has 0 radical (unpaired) electrons. The van der Waals surface area contributed by atoms with Crippen LogP contribution in [0.15, 0.2) is 48.6 Å². The van der Waals surface area contributed by atoms with Gasteiger partial charge in [-0.3, -0.25) is 0 Å². The second kappa shape index (κ2) is 7.69. The third-order valence-electron chi connectivity index (χ3n) is 2.04. The molecule has 0 aliphatic carbocycles. The highest BCUT2D eigenvalue weighted by molar-refractivity contribution is 5.55. The van der Waals surface area contributed by atoms with E-state index < -0.39 is 5.95 Å². The molecule has 7 N–H and O–H groups in total. The standard InChI is InChI=1S/C11H16N4O4/c1-17-11(19-13)7-15-9-4-2-8(3-5-9)14-6-10(16)18-12/h2-7,14-16H,12-13H2,1H3/b10-6-,11-7-. The minimum Gasteiger partial charge on any atom is -0.479 e. The molecular weight excluding hydrogens is 252 g/mol. The highest BCUT2D eigenvalue weighted by Crippen LogP contribution is 2.14. The van der Waals surface area contributed by atoms with Crippen molar-refractivity contribution in [3.05, 3.63) is 48.6 Å². The van der Waals surface area contributed by atoms with Crippen LogP contribution in [0, 0.1) is 0 Å². The zero-order valence-electron chi connectivity index (χ0n) is 10.3. The summed E-state index contributed by atoms with van der Waals surface area (Å²) in [6, 6.07) is 7.12. The van der Waals surface area contributed by atoms with Crippen LogP contribution in [0.2, 0.25) is 0 Å². The maximum absolute atomic E-state index is 8.97. The van der Waals surface area contributed by atoms with Crippen LogP contribution in [0.5, 0.6) is 0 Å². The summed E-state index contributed by atoms with van der Waals surface area (Å²) in [5, 5.41) is 14.7. The van der Waals surface area contributed by atoms with Gasteiger partial charge in [0.05, 0.1) is 19.5 Å². The average molecular weight is 268 g/mol. The van der Waals surface area contributed by atoms with Crippen molar-refractivity contribution >= 4 is 11.4 Å². The monoisotopic (exact) mass is 268 g/mol. The minimum absolute atomic E-state index is 0.148. The molecule has 0 unspecified atom stereocenters. The maximum Gasteiger partial charge on any atom is 0.315 e. The Bertz CT molecular complexity index is 439. The van der Waals surface area contributed by atoms with E-state index in [0.717, 1.165) is 11.4 Å². The Balaban J connectivity index is 2.59. The van der Waals surface area contributed by atoms with Crippen molar-refractivity contribution in [2.75, 3.05) is 17.7 Å². The molecule has 0 atom stereocenters. The molecule has 8 nitrogen and oxygen atoms in total. The molecule has 0 spiro atoms. The number of benzene rings is 1. The molecular formula is C11H16N4O4. The first-order chi connectivity index (χ1) is 9.19. The van der Waals surface area contributed by atoms with E-state index in [1.165, 1.54) is 19.5 Å². The number of methoxy groups -OCH3 is 1. The van der Waals surface area contributed by atoms with Gasteiger partial charge in [-0.15, -0.1) is 0 Å². The fraction of sp³-hybridized carbons (Fsp3) is 0.0909. The van der Waals surface area contributed by atoms with Crippen LogP contribution in [-0.4, -0.2) is 12.2 Å². The molecule has 1 aromatic rings. The van der Waals surface area contributed by atoms with E-state index in [1.807, 2.05) is 0 Å². The number of aliphatic hydroxyl groups is 1. The topological polar surface area (TPSA) is 124 Å². The largest absolute Gasteiger partial charge is 0.479 e. The number of rotatable bonds is 7. The molecule has 0 amide bonds. The van der Waals surface area contributed by atoms with Gasteiger partial charge >= 0.3 is 11.9 Å². The number of ether oxygens (including phenoxy) is 1. The summed E-state index contributed by atoms with van der Waals surface area (Å²) in [7, 11) is 1.44. The minimum atomic E-state index is -0.421. The lowest BCUT2D eigenvalue weighted by atomic mass is 10.3. The van der Waals surface area contributed by atoms with Crippen LogP contribution in [0.25, 0.3) is 0 Å². The lowest BCUT2D eigenvalue weighted by molar-refractivity contribution is 0.0619. The molecule has 104 valence electrons. The van der Waals surface area contributed by atoms with Crippen LogP contribution in [0.1, 0.15) is 0 Å². The summed E-state index contributed by atoms with van der Waals surface area (Å²) in [6.07, 6.45) is 2.68. The zero-order chi connectivity index (χ0) is 14.1. The summed E-state index contributed by atoms with van der Waals surface area (Å²) in [5.74, 6) is 9.43. The summed E-state index contributed by atoms with van der Waals surface area (Å²) in [4.78, 5) is 8.50. The fourth-order valence-electron chi connectivity index (χ4n) is 1.13. The first kappa shape index (κ1) is 14.5. The third kappa shape index (κ3) is 5.06. The second-order valence-electron chi connectivity index (χ2n) is 3.25. The van der Waals surface area contributed by atoms with Gasteiger partial charge < -0.3 is 30.2 Å². The van der Waals surface area contributed by atoms with E-state index in [4.69, 9.17) is 21.6 Å². The van der Waals surface area contributed by atoms with Gasteiger partial charge in [0.1, 0.15) is 0 Å². The van der Waals surface area contributed by atoms with Crippen molar-refractivity contribution in [1.29, 1.82) is 0 Å². The molecule has 1 rings (SSSR count). The molecule has 19 heavy (non-hydrogen) atoms. The van der Waals surface area contributed by atoms with Gasteiger partial charge in [0.15, 0.2) is 0 Å². The molecule has 0 aliphatic heterocycles. The summed E-state index contributed by atoms with van der Waals surface area (Å²) >= 11 is 0. The van der Waals surface area contributed by atoms with Gasteiger partial charge in [-0.05, 0) is 24.3 Å². The molecule has 0 fully saturated rings. The normalized spacial score (nSPS) is 11.7. The number of aliphatic hydroxyl groups excluding tert-OH is 1. The van der Waals surface area contributed by atoms with Crippen LogP contribution < -0.4 is 22.4 Å². The van der Waals surface area contributed by atoms with Gasteiger partial charge in [0.25, 0.3) is 0 Å². The van der Waals surface area contributed by atoms with Gasteiger partial charge in [-0.2, -0.15) is 11.8 Å². The summed E-state index contributed by atoms with van der Waals surface area (Å²) < 4.78 is 4.80. The van der Waals surface area contributed by atoms with Crippen molar-refractivity contribution in [3.8, 4) is 0 Å². The zero-order valence-corrected chi connectivity index (χ0v) is 10.3. The van der Waals surface area contributed by atoms with Crippen molar-refractivity contribution in [2.24, 2.45) is 11.8 Å². The average Bonchev–Trinajstić information content (AvgIpc) is 2.47.